The molecule has 5 nitrogen and oxygen atoms in total. The molecule has 3 rings (SSSR count). The highest BCUT2D eigenvalue weighted by molar-refractivity contribution is 5.93. The fourth-order valence-electron chi connectivity index (χ4n) is 3.36. The molecule has 2 aliphatic rings. The first-order valence-corrected chi connectivity index (χ1v) is 8.62. The zero-order valence-electron chi connectivity index (χ0n) is 14.0. The summed E-state index contributed by atoms with van der Waals surface area (Å²) >= 11 is 0. The second kappa shape index (κ2) is 7.21. The maximum Gasteiger partial charge on any atom is 0.224 e. The number of fused-ring (bicyclic) bond motifs is 1. The molecule has 2 N–H and O–H groups in total. The van der Waals surface area contributed by atoms with Gasteiger partial charge in [0.05, 0.1) is 12.3 Å². The second-order valence-corrected chi connectivity index (χ2v) is 6.47. The van der Waals surface area contributed by atoms with Crippen molar-refractivity contribution in [3.63, 3.8) is 0 Å². The van der Waals surface area contributed by atoms with E-state index in [2.05, 4.69) is 17.6 Å². The number of anilines is 1. The molecule has 126 valence electrons. The van der Waals surface area contributed by atoms with Crippen LogP contribution in [0.4, 0.5) is 5.69 Å². The summed E-state index contributed by atoms with van der Waals surface area (Å²) in [6, 6.07) is 3.91. The smallest absolute Gasteiger partial charge is 0.224 e. The first-order valence-electron chi connectivity index (χ1n) is 8.62. The molecule has 1 saturated heterocycles. The van der Waals surface area contributed by atoms with Crippen molar-refractivity contribution in [2.24, 2.45) is 5.92 Å². The Morgan fingerprint density at radius 2 is 2.17 bits per heavy atom. The quantitative estimate of drug-likeness (QED) is 0.876. The fraction of sp³-hybridized carbons (Fsp3) is 0.611. The maximum absolute atomic E-state index is 12.4. The summed E-state index contributed by atoms with van der Waals surface area (Å²) in [7, 11) is 0. The van der Waals surface area contributed by atoms with Gasteiger partial charge in [-0.05, 0) is 51.8 Å². The Labute approximate surface area is 137 Å². The number of ether oxygens (including phenoxy) is 2. The minimum absolute atomic E-state index is 0.0591. The van der Waals surface area contributed by atoms with Gasteiger partial charge in [-0.1, -0.05) is 0 Å². The van der Waals surface area contributed by atoms with E-state index in [0.29, 0.717) is 18.9 Å². The van der Waals surface area contributed by atoms with Crippen LogP contribution in [0.5, 0.6) is 11.5 Å². The number of nitrogens with one attached hydrogen (secondary N) is 2. The molecule has 1 unspecified atom stereocenters. The van der Waals surface area contributed by atoms with E-state index in [-0.39, 0.29) is 12.0 Å². The summed E-state index contributed by atoms with van der Waals surface area (Å²) in [5, 5.41) is 6.35. The SMILES string of the molecule is CCOc1cc2c(cc1NC(=O)CC1CCNCC1)OC(C)C2. The molecular weight excluding hydrogens is 292 g/mol. The van der Waals surface area contributed by atoms with Crippen LogP contribution in [-0.2, 0) is 11.2 Å². The van der Waals surface area contributed by atoms with Crippen molar-refractivity contribution in [1.29, 1.82) is 0 Å². The first-order chi connectivity index (χ1) is 11.2. The highest BCUT2D eigenvalue weighted by atomic mass is 16.5. The summed E-state index contributed by atoms with van der Waals surface area (Å²) in [5.41, 5.74) is 1.87. The van der Waals surface area contributed by atoms with E-state index >= 15 is 0 Å². The predicted molar refractivity (Wildman–Crippen MR) is 90.2 cm³/mol. The number of amides is 1. The summed E-state index contributed by atoms with van der Waals surface area (Å²) in [5.74, 6) is 2.13. The third-order valence-electron chi connectivity index (χ3n) is 4.50. The van der Waals surface area contributed by atoms with Crippen molar-refractivity contribution in [2.75, 3.05) is 25.0 Å². The van der Waals surface area contributed by atoms with Gasteiger partial charge in [-0.25, -0.2) is 0 Å². The van der Waals surface area contributed by atoms with Crippen LogP contribution in [0, 0.1) is 5.92 Å². The van der Waals surface area contributed by atoms with E-state index in [1.165, 1.54) is 0 Å². The van der Waals surface area contributed by atoms with Crippen molar-refractivity contribution in [2.45, 2.75) is 45.6 Å². The predicted octanol–water partition coefficient (Wildman–Crippen LogP) is 2.74. The Balaban J connectivity index is 1.70. The average Bonchev–Trinajstić information content (AvgIpc) is 2.88. The van der Waals surface area contributed by atoms with E-state index < -0.39 is 0 Å². The van der Waals surface area contributed by atoms with Crippen LogP contribution in [0.1, 0.15) is 38.7 Å². The lowest BCUT2D eigenvalue weighted by Crippen LogP contribution is -2.30. The molecule has 0 bridgehead atoms. The molecular formula is C18H26N2O3. The van der Waals surface area contributed by atoms with Crippen LogP contribution >= 0.6 is 0 Å². The van der Waals surface area contributed by atoms with Crippen LogP contribution in [-0.4, -0.2) is 31.7 Å². The molecule has 1 aromatic carbocycles. The normalized spacial score (nSPS) is 20.7. The molecule has 2 aliphatic heterocycles. The molecule has 1 aromatic rings. The molecule has 1 fully saturated rings. The molecule has 23 heavy (non-hydrogen) atoms. The first kappa shape index (κ1) is 16.1. The minimum atomic E-state index is 0.0591. The summed E-state index contributed by atoms with van der Waals surface area (Å²) in [6.07, 6.45) is 3.77. The van der Waals surface area contributed by atoms with Crippen LogP contribution < -0.4 is 20.1 Å². The Morgan fingerprint density at radius 3 is 2.91 bits per heavy atom. The summed E-state index contributed by atoms with van der Waals surface area (Å²) in [4.78, 5) is 12.4. The molecule has 0 spiro atoms. The van der Waals surface area contributed by atoms with E-state index in [9.17, 15) is 4.79 Å². The van der Waals surface area contributed by atoms with Crippen molar-refractivity contribution in [3.05, 3.63) is 17.7 Å². The van der Waals surface area contributed by atoms with Gasteiger partial charge in [-0.2, -0.15) is 0 Å². The highest BCUT2D eigenvalue weighted by Gasteiger charge is 2.23. The molecule has 5 heteroatoms. The van der Waals surface area contributed by atoms with Gasteiger partial charge in [0.25, 0.3) is 0 Å². The number of piperidine rings is 1. The minimum Gasteiger partial charge on any atom is -0.492 e. The zero-order valence-corrected chi connectivity index (χ0v) is 14.0. The number of hydrogen-bond acceptors (Lipinski definition) is 4. The molecule has 0 aromatic heterocycles. The van der Waals surface area contributed by atoms with Gasteiger partial charge in [0, 0.05) is 24.5 Å². The molecule has 2 heterocycles. The molecule has 0 radical (unpaired) electrons. The summed E-state index contributed by atoms with van der Waals surface area (Å²) in [6.45, 7) is 6.59. The van der Waals surface area contributed by atoms with Crippen LogP contribution in [0.3, 0.4) is 0 Å². The van der Waals surface area contributed by atoms with E-state index in [4.69, 9.17) is 9.47 Å². The monoisotopic (exact) mass is 318 g/mol. The third kappa shape index (κ3) is 3.96. The Morgan fingerprint density at radius 1 is 1.39 bits per heavy atom. The van der Waals surface area contributed by atoms with Crippen molar-refractivity contribution >= 4 is 11.6 Å². The highest BCUT2D eigenvalue weighted by Crippen LogP contribution is 2.38. The molecule has 1 amide bonds. The Hall–Kier alpha value is -1.75. The van der Waals surface area contributed by atoms with E-state index in [1.54, 1.807) is 0 Å². The zero-order chi connectivity index (χ0) is 16.2. The molecule has 0 saturated carbocycles. The van der Waals surface area contributed by atoms with Crippen molar-refractivity contribution < 1.29 is 14.3 Å². The standard InChI is InChI=1S/C18H26N2O3/c1-3-22-17-10-14-8-12(2)23-16(14)11-15(17)20-18(21)9-13-4-6-19-7-5-13/h10-13,19H,3-9H2,1-2H3,(H,20,21). The topological polar surface area (TPSA) is 59.6 Å². The lowest BCUT2D eigenvalue weighted by molar-refractivity contribution is -0.117. The number of carbonyl (C=O) groups excluding carboxylic acids is 1. The van der Waals surface area contributed by atoms with Gasteiger partial charge in [-0.15, -0.1) is 0 Å². The van der Waals surface area contributed by atoms with Gasteiger partial charge < -0.3 is 20.1 Å². The van der Waals surface area contributed by atoms with E-state index in [0.717, 1.165) is 55.1 Å². The largest absolute Gasteiger partial charge is 0.492 e. The number of hydrogen-bond donors (Lipinski definition) is 2. The third-order valence-corrected chi connectivity index (χ3v) is 4.50. The Kier molecular flexibility index (Phi) is 5.06. The fourth-order valence-corrected chi connectivity index (χ4v) is 3.36. The molecule has 0 aliphatic carbocycles. The number of carbonyl (C=O) groups is 1. The Bertz CT molecular complexity index is 568. The second-order valence-electron chi connectivity index (χ2n) is 6.47. The lowest BCUT2D eigenvalue weighted by atomic mass is 9.94. The van der Waals surface area contributed by atoms with Gasteiger partial charge in [0.15, 0.2) is 0 Å². The van der Waals surface area contributed by atoms with Gasteiger partial charge in [0.1, 0.15) is 17.6 Å². The molecule has 1 atom stereocenters. The van der Waals surface area contributed by atoms with Crippen LogP contribution in [0.25, 0.3) is 0 Å². The summed E-state index contributed by atoms with van der Waals surface area (Å²) < 4.78 is 11.5. The number of rotatable bonds is 5. The maximum atomic E-state index is 12.4. The van der Waals surface area contributed by atoms with E-state index in [1.807, 2.05) is 19.1 Å². The van der Waals surface area contributed by atoms with Crippen LogP contribution in [0.15, 0.2) is 12.1 Å². The van der Waals surface area contributed by atoms with Crippen LogP contribution in [0.2, 0.25) is 0 Å². The van der Waals surface area contributed by atoms with Gasteiger partial charge in [-0.3, -0.25) is 4.79 Å². The van der Waals surface area contributed by atoms with Crippen molar-refractivity contribution in [3.8, 4) is 11.5 Å². The average molecular weight is 318 g/mol. The number of benzene rings is 1. The van der Waals surface area contributed by atoms with Gasteiger partial charge >= 0.3 is 0 Å². The lowest BCUT2D eigenvalue weighted by Gasteiger charge is -2.22. The van der Waals surface area contributed by atoms with Gasteiger partial charge in [0.2, 0.25) is 5.91 Å². The van der Waals surface area contributed by atoms with Crippen molar-refractivity contribution in [1.82, 2.24) is 5.32 Å².